The average Bonchev–Trinajstić information content (AvgIpc) is 3.27. The molecular formula is C17H14F3N7. The van der Waals surface area contributed by atoms with Crippen LogP contribution in [-0.2, 0) is 19.8 Å². The minimum atomic E-state index is -4.46. The largest absolute Gasteiger partial charge is 0.434 e. The normalized spacial score (nSPS) is 11.9. The first-order valence-electron chi connectivity index (χ1n) is 7.99. The SMILES string of the molecule is Cn1cc(C(F)(F)F)nc1-c1ccc(CNc2ncnc3nc[nH]c23)cc1. The third-order valence-electron chi connectivity index (χ3n) is 4.06. The second-order valence-electron chi connectivity index (χ2n) is 5.93. The van der Waals surface area contributed by atoms with E-state index in [-0.39, 0.29) is 5.82 Å². The zero-order chi connectivity index (χ0) is 19.0. The van der Waals surface area contributed by atoms with Crippen LogP contribution in [0.5, 0.6) is 0 Å². The van der Waals surface area contributed by atoms with Crippen molar-refractivity contribution in [3.8, 4) is 11.4 Å². The fourth-order valence-corrected chi connectivity index (χ4v) is 2.73. The van der Waals surface area contributed by atoms with Crippen LogP contribution in [0.15, 0.2) is 43.1 Å². The van der Waals surface area contributed by atoms with Gasteiger partial charge in [0.15, 0.2) is 17.2 Å². The molecule has 0 aliphatic rings. The molecule has 4 aromatic rings. The lowest BCUT2D eigenvalue weighted by atomic mass is 10.1. The van der Waals surface area contributed by atoms with Crippen LogP contribution >= 0.6 is 0 Å². The Morgan fingerprint density at radius 2 is 1.89 bits per heavy atom. The summed E-state index contributed by atoms with van der Waals surface area (Å²) in [7, 11) is 1.54. The number of benzene rings is 1. The van der Waals surface area contributed by atoms with Gasteiger partial charge in [0.05, 0.1) is 6.33 Å². The first-order valence-corrected chi connectivity index (χ1v) is 7.99. The van der Waals surface area contributed by atoms with E-state index in [0.717, 1.165) is 11.8 Å². The van der Waals surface area contributed by atoms with Crippen molar-refractivity contribution in [1.29, 1.82) is 0 Å². The van der Waals surface area contributed by atoms with Crippen molar-refractivity contribution in [3.05, 3.63) is 54.4 Å². The number of halogens is 3. The predicted molar refractivity (Wildman–Crippen MR) is 92.7 cm³/mol. The number of fused-ring (bicyclic) bond motifs is 1. The monoisotopic (exact) mass is 373 g/mol. The molecule has 0 fully saturated rings. The number of rotatable bonds is 4. The Labute approximate surface area is 151 Å². The molecule has 138 valence electrons. The summed E-state index contributed by atoms with van der Waals surface area (Å²) in [4.78, 5) is 19.0. The van der Waals surface area contributed by atoms with Crippen LogP contribution < -0.4 is 5.32 Å². The number of aromatic amines is 1. The number of imidazole rings is 2. The lowest BCUT2D eigenvalue weighted by molar-refractivity contribution is -0.140. The van der Waals surface area contributed by atoms with Crippen LogP contribution in [-0.4, -0.2) is 29.5 Å². The van der Waals surface area contributed by atoms with Gasteiger partial charge in [-0.25, -0.2) is 19.9 Å². The minimum absolute atomic E-state index is 0.261. The van der Waals surface area contributed by atoms with Crippen molar-refractivity contribution >= 4 is 17.0 Å². The lowest BCUT2D eigenvalue weighted by Gasteiger charge is -2.07. The van der Waals surface area contributed by atoms with Gasteiger partial charge < -0.3 is 14.9 Å². The topological polar surface area (TPSA) is 84.3 Å². The molecule has 0 saturated carbocycles. The summed E-state index contributed by atoms with van der Waals surface area (Å²) in [6.45, 7) is 0.486. The summed E-state index contributed by atoms with van der Waals surface area (Å²) < 4.78 is 39.8. The molecule has 0 aliphatic carbocycles. The highest BCUT2D eigenvalue weighted by Gasteiger charge is 2.34. The van der Waals surface area contributed by atoms with Gasteiger partial charge in [-0.15, -0.1) is 0 Å². The van der Waals surface area contributed by atoms with Crippen LogP contribution in [0.1, 0.15) is 11.3 Å². The molecule has 4 rings (SSSR count). The molecule has 0 radical (unpaired) electrons. The highest BCUT2D eigenvalue weighted by molar-refractivity contribution is 5.81. The van der Waals surface area contributed by atoms with Gasteiger partial charge in [0.2, 0.25) is 0 Å². The molecule has 0 unspecified atom stereocenters. The Morgan fingerprint density at radius 1 is 1.11 bits per heavy atom. The first-order chi connectivity index (χ1) is 12.9. The summed E-state index contributed by atoms with van der Waals surface area (Å²) >= 11 is 0. The quantitative estimate of drug-likeness (QED) is 0.573. The van der Waals surface area contributed by atoms with Crippen LogP contribution in [0.4, 0.5) is 19.0 Å². The standard InChI is InChI=1S/C17H14F3N7/c1-27-7-12(17(18,19)20)26-16(27)11-4-2-10(3-5-11)6-21-14-13-15(23-8-22-13)25-9-24-14/h2-5,7-9H,6H2,1H3,(H2,21,22,23,24,25). The van der Waals surface area contributed by atoms with E-state index in [4.69, 9.17) is 0 Å². The summed E-state index contributed by atoms with van der Waals surface area (Å²) in [6.07, 6.45) is -0.514. The number of hydrogen-bond donors (Lipinski definition) is 2. The molecule has 0 spiro atoms. The maximum absolute atomic E-state index is 12.8. The molecular weight excluding hydrogens is 359 g/mol. The van der Waals surface area contributed by atoms with Gasteiger partial charge >= 0.3 is 6.18 Å². The molecule has 27 heavy (non-hydrogen) atoms. The third kappa shape index (κ3) is 3.33. The Kier molecular flexibility index (Phi) is 4.02. The number of nitrogens with one attached hydrogen (secondary N) is 2. The van der Waals surface area contributed by atoms with E-state index in [1.165, 1.54) is 17.9 Å². The number of nitrogens with zero attached hydrogens (tertiary/aromatic N) is 5. The van der Waals surface area contributed by atoms with Crippen molar-refractivity contribution in [3.63, 3.8) is 0 Å². The molecule has 0 bridgehead atoms. The smallest absolute Gasteiger partial charge is 0.364 e. The molecule has 1 aromatic carbocycles. The second kappa shape index (κ2) is 6.38. The van der Waals surface area contributed by atoms with Crippen molar-refractivity contribution in [1.82, 2.24) is 29.5 Å². The molecule has 0 amide bonds. The van der Waals surface area contributed by atoms with Gasteiger partial charge in [-0.05, 0) is 5.56 Å². The molecule has 0 saturated heterocycles. The Balaban J connectivity index is 1.51. The number of aromatic nitrogens is 6. The average molecular weight is 373 g/mol. The third-order valence-corrected chi connectivity index (χ3v) is 4.06. The van der Waals surface area contributed by atoms with Gasteiger partial charge in [0, 0.05) is 25.4 Å². The van der Waals surface area contributed by atoms with Gasteiger partial charge in [0.25, 0.3) is 0 Å². The predicted octanol–water partition coefficient (Wildman–Crippen LogP) is 3.38. The number of alkyl halides is 3. The van der Waals surface area contributed by atoms with Crippen molar-refractivity contribution in [2.24, 2.45) is 7.05 Å². The van der Waals surface area contributed by atoms with Crippen LogP contribution in [0, 0.1) is 0 Å². The van der Waals surface area contributed by atoms with Crippen molar-refractivity contribution in [2.45, 2.75) is 12.7 Å². The fraction of sp³-hybridized carbons (Fsp3) is 0.176. The first kappa shape index (κ1) is 17.0. The maximum Gasteiger partial charge on any atom is 0.434 e. The number of anilines is 1. The lowest BCUT2D eigenvalue weighted by Crippen LogP contribution is -2.05. The van der Waals surface area contributed by atoms with Crippen LogP contribution in [0.2, 0.25) is 0 Å². The second-order valence-corrected chi connectivity index (χ2v) is 5.93. The summed E-state index contributed by atoms with van der Waals surface area (Å²) in [6, 6.07) is 7.14. The molecule has 10 heteroatoms. The van der Waals surface area contributed by atoms with Crippen LogP contribution in [0.25, 0.3) is 22.6 Å². The highest BCUT2D eigenvalue weighted by atomic mass is 19.4. The number of aryl methyl sites for hydroxylation is 1. The molecule has 0 atom stereocenters. The zero-order valence-electron chi connectivity index (χ0n) is 14.1. The van der Waals surface area contributed by atoms with E-state index in [2.05, 4.69) is 30.2 Å². The maximum atomic E-state index is 12.8. The van der Waals surface area contributed by atoms with Crippen molar-refractivity contribution < 1.29 is 13.2 Å². The van der Waals surface area contributed by atoms with E-state index in [9.17, 15) is 13.2 Å². The van der Waals surface area contributed by atoms with Gasteiger partial charge in [-0.3, -0.25) is 0 Å². The van der Waals surface area contributed by atoms with E-state index in [1.807, 2.05) is 12.1 Å². The number of hydrogen-bond acceptors (Lipinski definition) is 5. The van der Waals surface area contributed by atoms with E-state index >= 15 is 0 Å². The van der Waals surface area contributed by atoms with Gasteiger partial charge in [0.1, 0.15) is 17.7 Å². The summed E-state index contributed by atoms with van der Waals surface area (Å²) in [5, 5.41) is 3.19. The molecule has 2 N–H and O–H groups in total. The Morgan fingerprint density at radius 3 is 2.59 bits per heavy atom. The molecule has 3 aromatic heterocycles. The van der Waals surface area contributed by atoms with E-state index in [1.54, 1.807) is 18.5 Å². The van der Waals surface area contributed by atoms with Crippen LogP contribution in [0.3, 0.4) is 0 Å². The Hall–Kier alpha value is -3.43. The zero-order valence-corrected chi connectivity index (χ0v) is 14.1. The minimum Gasteiger partial charge on any atom is -0.364 e. The fourth-order valence-electron chi connectivity index (χ4n) is 2.73. The van der Waals surface area contributed by atoms with E-state index in [0.29, 0.717) is 29.1 Å². The van der Waals surface area contributed by atoms with Gasteiger partial charge in [-0.2, -0.15) is 13.2 Å². The molecule has 7 nitrogen and oxygen atoms in total. The molecule has 3 heterocycles. The summed E-state index contributed by atoms with van der Waals surface area (Å²) in [5.74, 6) is 0.886. The summed E-state index contributed by atoms with van der Waals surface area (Å²) in [5.41, 5.74) is 1.92. The number of H-pyrrole nitrogens is 1. The van der Waals surface area contributed by atoms with E-state index < -0.39 is 11.9 Å². The van der Waals surface area contributed by atoms with Gasteiger partial charge in [-0.1, -0.05) is 24.3 Å². The highest BCUT2D eigenvalue weighted by Crippen LogP contribution is 2.30. The molecule has 0 aliphatic heterocycles. The van der Waals surface area contributed by atoms with Crippen molar-refractivity contribution in [2.75, 3.05) is 5.32 Å². The Bertz CT molecular complexity index is 1080.